The number of esters is 1. The molecule has 1 saturated heterocycles. The molecule has 2 atom stereocenters. The number of amides is 2. The highest BCUT2D eigenvalue weighted by molar-refractivity contribution is 5.89. The minimum absolute atomic E-state index is 0.0984. The predicted octanol–water partition coefficient (Wildman–Crippen LogP) is 4.23. The van der Waals surface area contributed by atoms with Gasteiger partial charge in [0.1, 0.15) is 24.2 Å². The van der Waals surface area contributed by atoms with E-state index in [1.807, 2.05) is 60.7 Å². The van der Waals surface area contributed by atoms with Crippen molar-refractivity contribution in [2.45, 2.75) is 37.8 Å². The van der Waals surface area contributed by atoms with Gasteiger partial charge in [0, 0.05) is 18.9 Å². The summed E-state index contributed by atoms with van der Waals surface area (Å²) >= 11 is 0. The number of nitrogens with one attached hydrogen (secondary N) is 1. The molecule has 1 aliphatic rings. The van der Waals surface area contributed by atoms with Gasteiger partial charge in [0.25, 0.3) is 0 Å². The Balaban J connectivity index is 1.31. The average Bonchev–Trinajstić information content (AvgIpc) is 3.40. The second kappa shape index (κ2) is 13.4. The number of hydrogen-bond donors (Lipinski definition) is 1. The van der Waals surface area contributed by atoms with Crippen LogP contribution in [-0.2, 0) is 25.7 Å². The van der Waals surface area contributed by atoms with Crippen molar-refractivity contribution in [1.82, 2.24) is 10.2 Å². The first-order valence-electron chi connectivity index (χ1n) is 12.7. The standard InChI is InChI=1S/C30H31FN2O5/c31-25-15-13-23(14-16-25)24-18-27(30(36)38-21-22-8-3-1-4-9-22)33(20-24)29(35)19-32-28(34)12-7-17-37-26-10-5-2-6-11-26/h1-6,8-11,13-16,24,27H,7,12,17-21H2,(H,32,34)/t24-,27+/m1/s1. The number of rotatable bonds is 11. The van der Waals surface area contributed by atoms with Crippen molar-refractivity contribution < 1.29 is 28.2 Å². The van der Waals surface area contributed by atoms with E-state index in [4.69, 9.17) is 9.47 Å². The van der Waals surface area contributed by atoms with E-state index in [9.17, 15) is 18.8 Å². The van der Waals surface area contributed by atoms with Crippen molar-refractivity contribution in [3.63, 3.8) is 0 Å². The smallest absolute Gasteiger partial charge is 0.329 e. The summed E-state index contributed by atoms with van der Waals surface area (Å²) < 4.78 is 24.6. The van der Waals surface area contributed by atoms with E-state index in [1.54, 1.807) is 12.1 Å². The Kier molecular flexibility index (Phi) is 9.45. The maximum atomic E-state index is 13.4. The molecule has 38 heavy (non-hydrogen) atoms. The summed E-state index contributed by atoms with van der Waals surface area (Å²) in [4.78, 5) is 39.9. The van der Waals surface area contributed by atoms with Crippen LogP contribution in [0.15, 0.2) is 84.9 Å². The first-order chi connectivity index (χ1) is 18.5. The molecule has 8 heteroatoms. The lowest BCUT2D eigenvalue weighted by Gasteiger charge is -2.23. The number of halogens is 1. The normalized spacial score (nSPS) is 16.6. The summed E-state index contributed by atoms with van der Waals surface area (Å²) in [6, 6.07) is 23.9. The van der Waals surface area contributed by atoms with E-state index in [0.29, 0.717) is 19.4 Å². The summed E-state index contributed by atoms with van der Waals surface area (Å²) in [5.74, 6) is -0.915. The van der Waals surface area contributed by atoms with Gasteiger partial charge >= 0.3 is 5.97 Å². The number of carbonyl (C=O) groups is 3. The maximum absolute atomic E-state index is 13.4. The molecule has 1 heterocycles. The molecule has 0 saturated carbocycles. The molecule has 198 valence electrons. The lowest BCUT2D eigenvalue weighted by Crippen LogP contribution is -2.46. The highest BCUT2D eigenvalue weighted by atomic mass is 19.1. The second-order valence-electron chi connectivity index (χ2n) is 9.18. The quantitative estimate of drug-likeness (QED) is 0.303. The number of carbonyl (C=O) groups excluding carboxylic acids is 3. The highest BCUT2D eigenvalue weighted by Crippen LogP contribution is 2.32. The number of ether oxygens (including phenoxy) is 2. The number of nitrogens with zero attached hydrogens (tertiary/aromatic N) is 1. The molecule has 2 amide bonds. The Bertz CT molecular complexity index is 1200. The number of hydrogen-bond acceptors (Lipinski definition) is 5. The molecule has 0 radical (unpaired) electrons. The zero-order valence-corrected chi connectivity index (χ0v) is 21.1. The molecule has 4 rings (SSSR count). The lowest BCUT2D eigenvalue weighted by molar-refractivity contribution is -0.154. The van der Waals surface area contributed by atoms with Crippen LogP contribution in [0.2, 0.25) is 0 Å². The first kappa shape index (κ1) is 26.9. The highest BCUT2D eigenvalue weighted by Gasteiger charge is 2.41. The molecule has 0 bridgehead atoms. The van der Waals surface area contributed by atoms with Crippen molar-refractivity contribution in [3.8, 4) is 5.75 Å². The van der Waals surface area contributed by atoms with Crippen molar-refractivity contribution >= 4 is 17.8 Å². The number of para-hydroxylation sites is 1. The maximum Gasteiger partial charge on any atom is 0.329 e. The third kappa shape index (κ3) is 7.65. The molecule has 0 spiro atoms. The molecule has 3 aromatic carbocycles. The van der Waals surface area contributed by atoms with E-state index in [1.165, 1.54) is 17.0 Å². The first-order valence-corrected chi connectivity index (χ1v) is 12.7. The minimum atomic E-state index is -0.794. The topological polar surface area (TPSA) is 84.9 Å². The largest absolute Gasteiger partial charge is 0.494 e. The van der Waals surface area contributed by atoms with Crippen LogP contribution in [0.4, 0.5) is 4.39 Å². The van der Waals surface area contributed by atoms with E-state index in [0.717, 1.165) is 16.9 Å². The van der Waals surface area contributed by atoms with Gasteiger partial charge in [-0.2, -0.15) is 0 Å². The van der Waals surface area contributed by atoms with Gasteiger partial charge in [-0.25, -0.2) is 9.18 Å². The third-order valence-corrected chi connectivity index (χ3v) is 6.46. The average molecular weight is 519 g/mol. The molecule has 3 aromatic rings. The molecular formula is C30H31FN2O5. The van der Waals surface area contributed by atoms with Crippen LogP contribution in [0.1, 0.15) is 36.3 Å². The Morgan fingerprint density at radius 3 is 2.32 bits per heavy atom. The summed E-state index contributed by atoms with van der Waals surface area (Å²) in [6.45, 7) is 0.528. The fourth-order valence-corrected chi connectivity index (χ4v) is 4.44. The van der Waals surface area contributed by atoms with E-state index < -0.39 is 12.0 Å². The summed E-state index contributed by atoms with van der Waals surface area (Å²) in [5, 5.41) is 2.65. The monoisotopic (exact) mass is 518 g/mol. The van der Waals surface area contributed by atoms with Gasteiger partial charge in [0.15, 0.2) is 0 Å². The zero-order valence-electron chi connectivity index (χ0n) is 21.1. The van der Waals surface area contributed by atoms with Crippen molar-refractivity contribution in [2.75, 3.05) is 19.7 Å². The second-order valence-corrected chi connectivity index (χ2v) is 9.18. The molecule has 1 N–H and O–H groups in total. The van der Waals surface area contributed by atoms with Crippen molar-refractivity contribution in [1.29, 1.82) is 0 Å². The van der Waals surface area contributed by atoms with Gasteiger partial charge in [-0.15, -0.1) is 0 Å². The third-order valence-electron chi connectivity index (χ3n) is 6.46. The summed E-state index contributed by atoms with van der Waals surface area (Å²) in [6.07, 6.45) is 1.07. The Labute approximate surface area is 221 Å². The predicted molar refractivity (Wildman–Crippen MR) is 140 cm³/mol. The summed E-state index contributed by atoms with van der Waals surface area (Å²) in [7, 11) is 0. The molecular weight excluding hydrogens is 487 g/mol. The Morgan fingerprint density at radius 2 is 1.61 bits per heavy atom. The van der Waals surface area contributed by atoms with Crippen molar-refractivity contribution in [2.24, 2.45) is 0 Å². The molecule has 0 unspecified atom stereocenters. The van der Waals surface area contributed by atoms with Crippen LogP contribution < -0.4 is 10.1 Å². The Morgan fingerprint density at radius 1 is 0.921 bits per heavy atom. The summed E-state index contributed by atoms with van der Waals surface area (Å²) in [5.41, 5.74) is 1.68. The Hall–Kier alpha value is -4.20. The minimum Gasteiger partial charge on any atom is -0.494 e. The van der Waals surface area contributed by atoms with E-state index in [-0.39, 0.29) is 49.7 Å². The van der Waals surface area contributed by atoms with Crippen molar-refractivity contribution in [3.05, 3.63) is 102 Å². The van der Waals surface area contributed by atoms with Crippen LogP contribution in [0, 0.1) is 5.82 Å². The van der Waals surface area contributed by atoms with Gasteiger partial charge in [-0.1, -0.05) is 60.7 Å². The van der Waals surface area contributed by atoms with Crippen LogP contribution in [0.5, 0.6) is 5.75 Å². The fourth-order valence-electron chi connectivity index (χ4n) is 4.44. The lowest BCUT2D eigenvalue weighted by atomic mass is 9.96. The number of likely N-dealkylation sites (tertiary alicyclic amines) is 1. The number of benzene rings is 3. The van der Waals surface area contributed by atoms with Crippen LogP contribution >= 0.6 is 0 Å². The van der Waals surface area contributed by atoms with Gasteiger partial charge in [-0.3, -0.25) is 9.59 Å². The van der Waals surface area contributed by atoms with Crippen LogP contribution in [0.3, 0.4) is 0 Å². The molecule has 0 aliphatic carbocycles. The molecule has 7 nitrogen and oxygen atoms in total. The molecule has 1 aliphatic heterocycles. The van der Waals surface area contributed by atoms with Crippen LogP contribution in [0.25, 0.3) is 0 Å². The SMILES string of the molecule is O=C(CCCOc1ccccc1)NCC(=O)N1C[C@H](c2ccc(F)cc2)C[C@H]1C(=O)OCc1ccccc1. The fraction of sp³-hybridized carbons (Fsp3) is 0.300. The zero-order chi connectivity index (χ0) is 26.7. The van der Waals surface area contributed by atoms with E-state index in [2.05, 4.69) is 5.32 Å². The van der Waals surface area contributed by atoms with Gasteiger partial charge < -0.3 is 19.7 Å². The van der Waals surface area contributed by atoms with Gasteiger partial charge in [-0.05, 0) is 48.2 Å². The van der Waals surface area contributed by atoms with Gasteiger partial charge in [0.2, 0.25) is 11.8 Å². The van der Waals surface area contributed by atoms with Gasteiger partial charge in [0.05, 0.1) is 13.2 Å². The molecule has 1 fully saturated rings. The molecule has 0 aromatic heterocycles. The van der Waals surface area contributed by atoms with Crippen LogP contribution in [-0.4, -0.2) is 48.4 Å². The van der Waals surface area contributed by atoms with E-state index >= 15 is 0 Å².